The Morgan fingerprint density at radius 3 is 2.32 bits per heavy atom. The van der Waals surface area contributed by atoms with Crippen molar-refractivity contribution in [2.75, 3.05) is 0 Å². The lowest BCUT2D eigenvalue weighted by Crippen LogP contribution is -2.27. The Labute approximate surface area is 139 Å². The third-order valence-corrected chi connectivity index (χ3v) is 5.17. The smallest absolute Gasteiger partial charge is 0.207 e. The molecule has 0 amide bonds. The molecule has 114 valence electrons. The number of sulfonamides is 1. The molecular weight excluding hydrogens is 343 g/mol. The van der Waals surface area contributed by atoms with E-state index in [0.29, 0.717) is 21.2 Å². The zero-order valence-corrected chi connectivity index (χ0v) is 13.9. The van der Waals surface area contributed by atoms with E-state index in [4.69, 9.17) is 28.5 Å². The molecule has 1 atom stereocenters. The van der Waals surface area contributed by atoms with Gasteiger partial charge in [0.1, 0.15) is 0 Å². The molecule has 0 aliphatic heterocycles. The van der Waals surface area contributed by atoms with E-state index in [1.807, 2.05) is 6.07 Å². The molecule has 0 aliphatic carbocycles. The van der Waals surface area contributed by atoms with Crippen LogP contribution >= 0.6 is 23.2 Å². The second-order valence-corrected chi connectivity index (χ2v) is 7.20. The van der Waals surface area contributed by atoms with Crippen LogP contribution < -0.4 is 4.72 Å². The van der Waals surface area contributed by atoms with Crippen molar-refractivity contribution in [2.24, 2.45) is 0 Å². The summed E-state index contributed by atoms with van der Waals surface area (Å²) >= 11 is 11.9. The van der Waals surface area contributed by atoms with Gasteiger partial charge in [-0.25, -0.2) is 13.1 Å². The van der Waals surface area contributed by atoms with Gasteiger partial charge < -0.3 is 0 Å². The van der Waals surface area contributed by atoms with E-state index in [0.717, 1.165) is 0 Å². The third kappa shape index (κ3) is 3.79. The summed E-state index contributed by atoms with van der Waals surface area (Å²) in [7, 11) is -3.71. The average molecular weight is 355 g/mol. The van der Waals surface area contributed by atoms with E-state index in [2.05, 4.69) is 4.72 Å². The number of nitriles is 1. The summed E-state index contributed by atoms with van der Waals surface area (Å²) in [5.74, 6) is 0. The normalized spacial score (nSPS) is 12.6. The molecule has 0 fully saturated rings. The molecule has 0 radical (unpaired) electrons. The number of benzene rings is 2. The zero-order chi connectivity index (χ0) is 16.3. The monoisotopic (exact) mass is 354 g/mol. The summed E-state index contributed by atoms with van der Waals surface area (Å²) in [5.41, 5.74) is 1.02. The van der Waals surface area contributed by atoms with Gasteiger partial charge in [-0.3, -0.25) is 0 Å². The van der Waals surface area contributed by atoms with E-state index in [1.165, 1.54) is 24.3 Å². The molecule has 0 saturated carbocycles. The number of hydrogen-bond donors (Lipinski definition) is 1. The lowest BCUT2D eigenvalue weighted by molar-refractivity contribution is 0.567. The fourth-order valence-corrected chi connectivity index (χ4v) is 3.72. The van der Waals surface area contributed by atoms with Crippen LogP contribution in [0.25, 0.3) is 0 Å². The van der Waals surface area contributed by atoms with Crippen molar-refractivity contribution in [1.29, 1.82) is 5.26 Å². The molecule has 0 aliphatic rings. The quantitative estimate of drug-likeness (QED) is 0.904. The first-order valence-corrected chi connectivity index (χ1v) is 8.55. The predicted molar refractivity (Wildman–Crippen MR) is 86.4 cm³/mol. The summed E-state index contributed by atoms with van der Waals surface area (Å²) in [4.78, 5) is 0.0865. The molecule has 2 rings (SSSR count). The molecule has 0 saturated heterocycles. The Balaban J connectivity index is 2.25. The van der Waals surface area contributed by atoms with Crippen LogP contribution in [0.2, 0.25) is 10.0 Å². The molecule has 0 unspecified atom stereocenters. The standard InChI is InChI=1S/C15H12Cl2N2O2S/c1-10(14-7-4-12(16)8-15(14)17)19-22(20,21)13-5-2-11(9-18)3-6-13/h2-8,10,19H,1H3/t10-/m0/s1. The number of rotatable bonds is 4. The maximum Gasteiger partial charge on any atom is 0.241 e. The Kier molecular flexibility index (Phi) is 5.09. The van der Waals surface area contributed by atoms with E-state index in [9.17, 15) is 8.42 Å². The highest BCUT2D eigenvalue weighted by Crippen LogP contribution is 2.27. The Morgan fingerprint density at radius 2 is 1.77 bits per heavy atom. The van der Waals surface area contributed by atoms with Crippen molar-refractivity contribution in [2.45, 2.75) is 17.9 Å². The maximum atomic E-state index is 12.3. The van der Waals surface area contributed by atoms with Gasteiger partial charge in [-0.1, -0.05) is 29.3 Å². The minimum atomic E-state index is -3.71. The summed E-state index contributed by atoms with van der Waals surface area (Å²) in [5, 5.41) is 9.61. The van der Waals surface area contributed by atoms with Crippen LogP contribution in [0.15, 0.2) is 47.4 Å². The Morgan fingerprint density at radius 1 is 1.14 bits per heavy atom. The van der Waals surface area contributed by atoms with Crippen LogP contribution in [0.4, 0.5) is 0 Å². The van der Waals surface area contributed by atoms with E-state index >= 15 is 0 Å². The fraction of sp³-hybridized carbons (Fsp3) is 0.133. The lowest BCUT2D eigenvalue weighted by Gasteiger charge is -2.16. The largest absolute Gasteiger partial charge is 0.241 e. The van der Waals surface area contributed by atoms with Crippen molar-refractivity contribution in [3.8, 4) is 6.07 Å². The van der Waals surface area contributed by atoms with Gasteiger partial charge in [0.2, 0.25) is 10.0 Å². The first kappa shape index (κ1) is 16.8. The summed E-state index contributed by atoms with van der Waals surface area (Å²) in [6, 6.07) is 12.0. The minimum absolute atomic E-state index is 0.0865. The summed E-state index contributed by atoms with van der Waals surface area (Å²) < 4.78 is 27.2. The molecular formula is C15H12Cl2N2O2S. The fourth-order valence-electron chi connectivity index (χ4n) is 1.93. The number of halogens is 2. The highest BCUT2D eigenvalue weighted by Gasteiger charge is 2.19. The topological polar surface area (TPSA) is 70.0 Å². The van der Waals surface area contributed by atoms with Gasteiger partial charge in [-0.2, -0.15) is 5.26 Å². The maximum absolute atomic E-state index is 12.3. The predicted octanol–water partition coefficient (Wildman–Crippen LogP) is 3.90. The third-order valence-electron chi connectivity index (χ3n) is 3.05. The molecule has 22 heavy (non-hydrogen) atoms. The average Bonchev–Trinajstić information content (AvgIpc) is 2.46. The first-order valence-electron chi connectivity index (χ1n) is 6.31. The first-order chi connectivity index (χ1) is 10.3. The second-order valence-electron chi connectivity index (χ2n) is 4.64. The van der Waals surface area contributed by atoms with E-state index in [-0.39, 0.29) is 4.90 Å². The van der Waals surface area contributed by atoms with Crippen LogP contribution in [0.3, 0.4) is 0 Å². The van der Waals surface area contributed by atoms with Gasteiger partial charge in [0.05, 0.1) is 16.5 Å². The van der Waals surface area contributed by atoms with Gasteiger partial charge >= 0.3 is 0 Å². The zero-order valence-electron chi connectivity index (χ0n) is 11.5. The molecule has 0 spiro atoms. The van der Waals surface area contributed by atoms with Crippen LogP contribution in [-0.4, -0.2) is 8.42 Å². The number of hydrogen-bond acceptors (Lipinski definition) is 3. The van der Waals surface area contributed by atoms with Gasteiger partial charge in [0.25, 0.3) is 0 Å². The number of nitrogens with zero attached hydrogens (tertiary/aromatic N) is 1. The van der Waals surface area contributed by atoms with Crippen molar-refractivity contribution < 1.29 is 8.42 Å². The summed E-state index contributed by atoms with van der Waals surface area (Å²) in [6.07, 6.45) is 0. The van der Waals surface area contributed by atoms with E-state index < -0.39 is 16.1 Å². The summed E-state index contributed by atoms with van der Waals surface area (Å²) in [6.45, 7) is 1.69. The molecule has 2 aromatic carbocycles. The van der Waals surface area contributed by atoms with Crippen LogP contribution in [0.5, 0.6) is 0 Å². The highest BCUT2D eigenvalue weighted by molar-refractivity contribution is 7.89. The van der Waals surface area contributed by atoms with Gasteiger partial charge in [-0.05, 0) is 48.9 Å². The molecule has 4 nitrogen and oxygen atoms in total. The van der Waals surface area contributed by atoms with Gasteiger partial charge in [0.15, 0.2) is 0 Å². The van der Waals surface area contributed by atoms with Gasteiger partial charge in [0, 0.05) is 16.1 Å². The van der Waals surface area contributed by atoms with E-state index in [1.54, 1.807) is 25.1 Å². The second kappa shape index (κ2) is 6.67. The Bertz CT molecular complexity index is 828. The van der Waals surface area contributed by atoms with Crippen molar-refractivity contribution >= 4 is 33.2 Å². The Hall–Kier alpha value is -1.58. The molecule has 1 N–H and O–H groups in total. The molecule has 0 heterocycles. The molecule has 7 heteroatoms. The van der Waals surface area contributed by atoms with Crippen LogP contribution in [0, 0.1) is 11.3 Å². The SMILES string of the molecule is C[C@H](NS(=O)(=O)c1ccc(C#N)cc1)c1ccc(Cl)cc1Cl. The highest BCUT2D eigenvalue weighted by atomic mass is 35.5. The molecule has 0 aromatic heterocycles. The molecule has 0 bridgehead atoms. The van der Waals surface area contributed by atoms with Crippen molar-refractivity contribution in [1.82, 2.24) is 4.72 Å². The number of nitrogens with one attached hydrogen (secondary N) is 1. The lowest BCUT2D eigenvalue weighted by atomic mass is 10.1. The molecule has 2 aromatic rings. The minimum Gasteiger partial charge on any atom is -0.207 e. The van der Waals surface area contributed by atoms with Crippen molar-refractivity contribution in [3.05, 3.63) is 63.6 Å². The van der Waals surface area contributed by atoms with Crippen molar-refractivity contribution in [3.63, 3.8) is 0 Å². The van der Waals surface area contributed by atoms with Crippen LogP contribution in [0.1, 0.15) is 24.1 Å². The van der Waals surface area contributed by atoms with Gasteiger partial charge in [-0.15, -0.1) is 0 Å². The van der Waals surface area contributed by atoms with Crippen LogP contribution in [-0.2, 0) is 10.0 Å².